The Morgan fingerprint density at radius 1 is 1.03 bits per heavy atom. The van der Waals surface area contributed by atoms with Gasteiger partial charge in [0.1, 0.15) is 5.75 Å². The second kappa shape index (κ2) is 8.19. The Balaban J connectivity index is 1.80. The summed E-state index contributed by atoms with van der Waals surface area (Å²) < 4.78 is 33.0. The lowest BCUT2D eigenvalue weighted by molar-refractivity contribution is -0.384. The molecule has 1 aliphatic heterocycles. The van der Waals surface area contributed by atoms with Crippen LogP contribution in [0.3, 0.4) is 0 Å². The molecule has 0 unspecified atom stereocenters. The van der Waals surface area contributed by atoms with Gasteiger partial charge in [0.25, 0.3) is 15.7 Å². The maximum atomic E-state index is 13.4. The summed E-state index contributed by atoms with van der Waals surface area (Å²) in [4.78, 5) is 10.8. The molecule has 0 saturated heterocycles. The van der Waals surface area contributed by atoms with Crippen LogP contribution in [0.15, 0.2) is 88.9 Å². The fraction of sp³-hybridized carbons (Fsp3) is 0.136. The quantitative estimate of drug-likeness (QED) is 0.426. The lowest BCUT2D eigenvalue weighted by Gasteiger charge is -2.23. The van der Waals surface area contributed by atoms with E-state index in [4.69, 9.17) is 4.74 Å². The zero-order valence-electron chi connectivity index (χ0n) is 16.6. The van der Waals surface area contributed by atoms with Crippen LogP contribution in [0.25, 0.3) is 0 Å². The van der Waals surface area contributed by atoms with Gasteiger partial charge < -0.3 is 4.74 Å². The highest BCUT2D eigenvalue weighted by Gasteiger charge is 2.38. The Kier molecular flexibility index (Phi) is 5.43. The molecule has 8 nitrogen and oxygen atoms in total. The molecule has 3 aromatic rings. The number of rotatable bonds is 6. The van der Waals surface area contributed by atoms with Gasteiger partial charge in [-0.15, -0.1) is 0 Å². The zero-order valence-corrected chi connectivity index (χ0v) is 17.4. The minimum absolute atomic E-state index is 0.102. The third-order valence-corrected chi connectivity index (χ3v) is 6.75. The van der Waals surface area contributed by atoms with Crippen LogP contribution in [-0.2, 0) is 10.0 Å². The van der Waals surface area contributed by atoms with Crippen molar-refractivity contribution in [2.75, 3.05) is 7.11 Å². The Bertz CT molecular complexity index is 1240. The number of benzene rings is 3. The largest absolute Gasteiger partial charge is 0.497 e. The lowest BCUT2D eigenvalue weighted by atomic mass is 9.99. The Morgan fingerprint density at radius 3 is 2.39 bits per heavy atom. The number of nitro benzene ring substituents is 1. The van der Waals surface area contributed by atoms with Crippen molar-refractivity contribution < 1.29 is 18.1 Å². The number of nitro groups is 1. The molecule has 0 spiro atoms. The highest BCUT2D eigenvalue weighted by atomic mass is 32.2. The second-order valence-electron chi connectivity index (χ2n) is 6.94. The van der Waals surface area contributed by atoms with E-state index in [1.807, 2.05) is 0 Å². The first-order valence-corrected chi connectivity index (χ1v) is 10.9. The van der Waals surface area contributed by atoms with E-state index in [0.29, 0.717) is 17.0 Å². The predicted octanol–water partition coefficient (Wildman–Crippen LogP) is 4.14. The topological polar surface area (TPSA) is 102 Å². The fourth-order valence-corrected chi connectivity index (χ4v) is 4.92. The molecule has 31 heavy (non-hydrogen) atoms. The van der Waals surface area contributed by atoms with E-state index in [1.54, 1.807) is 61.7 Å². The van der Waals surface area contributed by atoms with E-state index in [2.05, 4.69) is 5.10 Å². The fourth-order valence-electron chi connectivity index (χ4n) is 3.46. The Morgan fingerprint density at radius 2 is 1.74 bits per heavy atom. The van der Waals surface area contributed by atoms with Crippen molar-refractivity contribution in [2.45, 2.75) is 17.4 Å². The average Bonchev–Trinajstić information content (AvgIpc) is 3.26. The van der Waals surface area contributed by atoms with Crippen LogP contribution in [0.4, 0.5) is 5.69 Å². The van der Waals surface area contributed by atoms with Crippen molar-refractivity contribution in [3.63, 3.8) is 0 Å². The van der Waals surface area contributed by atoms with Gasteiger partial charge in [-0.3, -0.25) is 10.1 Å². The highest BCUT2D eigenvalue weighted by molar-refractivity contribution is 7.89. The molecule has 0 fully saturated rings. The molecule has 0 aromatic heterocycles. The van der Waals surface area contributed by atoms with Crippen LogP contribution in [0.1, 0.15) is 23.6 Å². The van der Waals surface area contributed by atoms with E-state index < -0.39 is 21.0 Å². The van der Waals surface area contributed by atoms with Crippen molar-refractivity contribution in [3.8, 4) is 5.75 Å². The van der Waals surface area contributed by atoms with Gasteiger partial charge in [0.05, 0.1) is 28.7 Å². The van der Waals surface area contributed by atoms with Crippen molar-refractivity contribution in [3.05, 3.63) is 100 Å². The van der Waals surface area contributed by atoms with Gasteiger partial charge in [-0.1, -0.05) is 30.3 Å². The third-order valence-electron chi connectivity index (χ3n) is 5.05. The van der Waals surface area contributed by atoms with Crippen LogP contribution in [0.5, 0.6) is 5.75 Å². The molecule has 4 rings (SSSR count). The average molecular weight is 437 g/mol. The minimum Gasteiger partial charge on any atom is -0.497 e. The molecule has 1 aliphatic rings. The maximum absolute atomic E-state index is 13.4. The third kappa shape index (κ3) is 3.99. The minimum atomic E-state index is -3.97. The summed E-state index contributed by atoms with van der Waals surface area (Å²) in [6.45, 7) is 0. The number of non-ortho nitro benzene ring substituents is 1. The molecular weight excluding hydrogens is 418 g/mol. The summed E-state index contributed by atoms with van der Waals surface area (Å²) in [6, 6.07) is 20.5. The number of ether oxygens (including phenoxy) is 1. The summed E-state index contributed by atoms with van der Waals surface area (Å²) in [5.41, 5.74) is 1.72. The van der Waals surface area contributed by atoms with Crippen molar-refractivity contribution in [1.82, 2.24) is 4.41 Å². The number of methoxy groups -OCH3 is 1. The van der Waals surface area contributed by atoms with Gasteiger partial charge in [0, 0.05) is 18.6 Å². The molecule has 0 radical (unpaired) electrons. The first-order chi connectivity index (χ1) is 14.9. The SMILES string of the molecule is COc1ccc(C2=NN(S(=O)(=O)c3ccccc3)[C@@H](c3cccc([N+](=O)[O-])c3)C2)cc1. The van der Waals surface area contributed by atoms with Gasteiger partial charge in [-0.05, 0) is 47.5 Å². The van der Waals surface area contributed by atoms with Crippen LogP contribution in [-0.4, -0.2) is 30.6 Å². The monoisotopic (exact) mass is 437 g/mol. The van der Waals surface area contributed by atoms with E-state index in [0.717, 1.165) is 9.98 Å². The number of hydrogen-bond acceptors (Lipinski definition) is 6. The standard InChI is InChI=1S/C22H19N3O5S/c1-30-19-12-10-16(11-13-19)21-15-22(17-6-5-7-18(14-17)25(26)27)24(23-21)31(28,29)20-8-3-2-4-9-20/h2-14,22H,15H2,1H3/t22-/m1/s1. The summed E-state index contributed by atoms with van der Waals surface area (Å²) in [6.07, 6.45) is 0.277. The lowest BCUT2D eigenvalue weighted by Crippen LogP contribution is -2.27. The van der Waals surface area contributed by atoms with E-state index in [1.165, 1.54) is 24.3 Å². The van der Waals surface area contributed by atoms with Gasteiger partial charge >= 0.3 is 0 Å². The van der Waals surface area contributed by atoms with Gasteiger partial charge in [0.2, 0.25) is 0 Å². The Labute approximate surface area is 179 Å². The number of nitrogens with zero attached hydrogens (tertiary/aromatic N) is 3. The Hall–Kier alpha value is -3.72. The van der Waals surface area contributed by atoms with Crippen LogP contribution in [0.2, 0.25) is 0 Å². The first kappa shape index (κ1) is 20.5. The number of hydrogen-bond donors (Lipinski definition) is 0. The molecule has 0 saturated carbocycles. The highest BCUT2D eigenvalue weighted by Crippen LogP contribution is 2.38. The second-order valence-corrected chi connectivity index (χ2v) is 8.73. The molecule has 0 bridgehead atoms. The normalized spacial score (nSPS) is 16.1. The number of sulfonamides is 1. The molecule has 0 N–H and O–H groups in total. The summed E-state index contributed by atoms with van der Waals surface area (Å²) in [5.74, 6) is 0.673. The smallest absolute Gasteiger partial charge is 0.279 e. The number of hydrazone groups is 1. The summed E-state index contributed by atoms with van der Waals surface area (Å²) in [5, 5.41) is 15.7. The predicted molar refractivity (Wildman–Crippen MR) is 115 cm³/mol. The molecular formula is C22H19N3O5S. The first-order valence-electron chi connectivity index (χ1n) is 9.46. The van der Waals surface area contributed by atoms with Crippen LogP contribution < -0.4 is 4.74 Å². The molecule has 158 valence electrons. The van der Waals surface area contributed by atoms with Gasteiger partial charge in [-0.2, -0.15) is 17.9 Å². The van der Waals surface area contributed by atoms with E-state index >= 15 is 0 Å². The molecule has 3 aromatic carbocycles. The summed E-state index contributed by atoms with van der Waals surface area (Å²) in [7, 11) is -2.41. The van der Waals surface area contributed by atoms with E-state index in [9.17, 15) is 18.5 Å². The van der Waals surface area contributed by atoms with Gasteiger partial charge in [0.15, 0.2) is 0 Å². The van der Waals surface area contributed by atoms with Gasteiger partial charge in [-0.25, -0.2) is 0 Å². The van der Waals surface area contributed by atoms with Crippen molar-refractivity contribution in [1.29, 1.82) is 0 Å². The zero-order chi connectivity index (χ0) is 22.0. The van der Waals surface area contributed by atoms with Crippen molar-refractivity contribution in [2.24, 2.45) is 5.10 Å². The summed E-state index contributed by atoms with van der Waals surface area (Å²) >= 11 is 0. The molecule has 9 heteroatoms. The molecule has 0 amide bonds. The van der Waals surface area contributed by atoms with Crippen LogP contribution in [0, 0.1) is 10.1 Å². The van der Waals surface area contributed by atoms with Crippen molar-refractivity contribution >= 4 is 21.4 Å². The van der Waals surface area contributed by atoms with Crippen LogP contribution >= 0.6 is 0 Å². The molecule has 0 aliphatic carbocycles. The molecule has 1 atom stereocenters. The van der Waals surface area contributed by atoms with E-state index in [-0.39, 0.29) is 17.0 Å². The maximum Gasteiger partial charge on any atom is 0.279 e. The molecule has 1 heterocycles.